The summed E-state index contributed by atoms with van der Waals surface area (Å²) in [4.78, 5) is 0. The van der Waals surface area contributed by atoms with Gasteiger partial charge in [0.15, 0.2) is 0 Å². The molecule has 1 atom stereocenters. The lowest BCUT2D eigenvalue weighted by molar-refractivity contribution is 0.545. The van der Waals surface area contributed by atoms with Gasteiger partial charge in [-0.1, -0.05) is 27.2 Å². The zero-order valence-electron chi connectivity index (χ0n) is 11.1. The highest BCUT2D eigenvalue weighted by Crippen LogP contribution is 2.22. The van der Waals surface area contributed by atoms with Crippen LogP contribution in [-0.2, 0) is 19.4 Å². The van der Waals surface area contributed by atoms with Crippen molar-refractivity contribution in [1.82, 2.24) is 9.78 Å². The van der Waals surface area contributed by atoms with Crippen LogP contribution in [0, 0.1) is 0 Å². The first-order chi connectivity index (χ1) is 7.65. The third-order valence-corrected chi connectivity index (χ3v) is 3.02. The summed E-state index contributed by atoms with van der Waals surface area (Å²) in [6.45, 7) is 9.63. The van der Waals surface area contributed by atoms with Gasteiger partial charge in [0, 0.05) is 23.8 Å². The molecular weight excluding hydrogens is 198 g/mol. The Morgan fingerprint density at radius 1 is 1.25 bits per heavy atom. The van der Waals surface area contributed by atoms with Crippen molar-refractivity contribution in [3.63, 3.8) is 0 Å². The van der Waals surface area contributed by atoms with E-state index in [9.17, 15) is 0 Å². The molecule has 0 aliphatic carbocycles. The number of unbranched alkanes of at least 4 members (excludes halogenated alkanes) is 1. The van der Waals surface area contributed by atoms with Gasteiger partial charge < -0.3 is 5.73 Å². The van der Waals surface area contributed by atoms with E-state index in [1.54, 1.807) is 0 Å². The van der Waals surface area contributed by atoms with E-state index in [1.807, 2.05) is 0 Å². The van der Waals surface area contributed by atoms with Crippen LogP contribution < -0.4 is 5.73 Å². The van der Waals surface area contributed by atoms with E-state index in [-0.39, 0.29) is 6.04 Å². The van der Waals surface area contributed by atoms with E-state index in [0.29, 0.717) is 0 Å². The highest BCUT2D eigenvalue weighted by Gasteiger charge is 2.17. The summed E-state index contributed by atoms with van der Waals surface area (Å²) in [5.41, 5.74) is 9.85. The summed E-state index contributed by atoms with van der Waals surface area (Å²) in [7, 11) is 0. The summed E-state index contributed by atoms with van der Waals surface area (Å²) in [6.07, 6.45) is 4.39. The monoisotopic (exact) mass is 223 g/mol. The van der Waals surface area contributed by atoms with Crippen molar-refractivity contribution in [1.29, 1.82) is 0 Å². The average molecular weight is 223 g/mol. The summed E-state index contributed by atoms with van der Waals surface area (Å²) in [5, 5.41) is 4.69. The first-order valence-electron chi connectivity index (χ1n) is 6.49. The van der Waals surface area contributed by atoms with Crippen LogP contribution in [0.2, 0.25) is 0 Å². The van der Waals surface area contributed by atoms with Gasteiger partial charge >= 0.3 is 0 Å². The second-order valence-corrected chi connectivity index (χ2v) is 4.38. The van der Waals surface area contributed by atoms with Gasteiger partial charge in [0.2, 0.25) is 0 Å². The predicted molar refractivity (Wildman–Crippen MR) is 68.5 cm³/mol. The quantitative estimate of drug-likeness (QED) is 0.806. The topological polar surface area (TPSA) is 43.8 Å². The Bertz CT molecular complexity index is 326. The maximum absolute atomic E-state index is 6.06. The molecule has 0 saturated carbocycles. The maximum Gasteiger partial charge on any atom is 0.0672 e. The van der Waals surface area contributed by atoms with Gasteiger partial charge in [0.05, 0.1) is 5.69 Å². The van der Waals surface area contributed by atoms with Crippen LogP contribution >= 0.6 is 0 Å². The van der Waals surface area contributed by atoms with Gasteiger partial charge in [-0.3, -0.25) is 4.68 Å². The van der Waals surface area contributed by atoms with Crippen molar-refractivity contribution in [2.75, 3.05) is 0 Å². The zero-order valence-corrected chi connectivity index (χ0v) is 11.1. The van der Waals surface area contributed by atoms with E-state index < -0.39 is 0 Å². The fourth-order valence-electron chi connectivity index (χ4n) is 2.22. The minimum Gasteiger partial charge on any atom is -0.324 e. The van der Waals surface area contributed by atoms with Crippen molar-refractivity contribution < 1.29 is 0 Å². The molecule has 0 spiro atoms. The van der Waals surface area contributed by atoms with Crippen LogP contribution in [0.1, 0.15) is 63.5 Å². The Morgan fingerprint density at radius 2 is 1.94 bits per heavy atom. The molecule has 2 N–H and O–H groups in total. The van der Waals surface area contributed by atoms with Crippen LogP contribution in [0.5, 0.6) is 0 Å². The van der Waals surface area contributed by atoms with Gasteiger partial charge in [-0.15, -0.1) is 0 Å². The fourth-order valence-corrected chi connectivity index (χ4v) is 2.22. The van der Waals surface area contributed by atoms with Crippen LogP contribution in [-0.4, -0.2) is 9.78 Å². The summed E-state index contributed by atoms with van der Waals surface area (Å²) >= 11 is 0. The van der Waals surface area contributed by atoms with Gasteiger partial charge in [-0.2, -0.15) is 5.10 Å². The van der Waals surface area contributed by atoms with E-state index >= 15 is 0 Å². The Morgan fingerprint density at radius 3 is 2.38 bits per heavy atom. The normalized spacial score (nSPS) is 13.1. The first kappa shape index (κ1) is 13.2. The maximum atomic E-state index is 6.06. The molecular formula is C13H25N3. The van der Waals surface area contributed by atoms with Crippen molar-refractivity contribution in [2.45, 2.75) is 66.0 Å². The Kier molecular flexibility index (Phi) is 5.00. The molecule has 0 amide bonds. The number of rotatable bonds is 6. The van der Waals surface area contributed by atoms with Gasteiger partial charge in [-0.25, -0.2) is 0 Å². The van der Waals surface area contributed by atoms with Crippen LogP contribution in [0.15, 0.2) is 0 Å². The summed E-state index contributed by atoms with van der Waals surface area (Å²) in [5.74, 6) is 0. The standard InChI is InChI=1S/C13H25N3/c1-5-8-9-16-12(7-3)13(10(4)14)11(6-2)15-16/h10H,5-9,14H2,1-4H3. The molecule has 3 heteroatoms. The zero-order chi connectivity index (χ0) is 12.1. The largest absolute Gasteiger partial charge is 0.324 e. The Hall–Kier alpha value is -0.830. The third-order valence-electron chi connectivity index (χ3n) is 3.02. The second kappa shape index (κ2) is 6.04. The van der Waals surface area contributed by atoms with Gasteiger partial charge in [-0.05, 0) is 26.2 Å². The number of hydrogen-bond acceptors (Lipinski definition) is 2. The Balaban J connectivity index is 3.08. The predicted octanol–water partition coefficient (Wildman–Crippen LogP) is 2.83. The molecule has 1 unspecified atom stereocenters. The highest BCUT2D eigenvalue weighted by molar-refractivity contribution is 5.29. The lowest BCUT2D eigenvalue weighted by Gasteiger charge is -2.09. The van der Waals surface area contributed by atoms with Crippen LogP contribution in [0.4, 0.5) is 0 Å². The Labute approximate surface area is 99.0 Å². The highest BCUT2D eigenvalue weighted by atomic mass is 15.3. The molecule has 0 bridgehead atoms. The molecule has 92 valence electrons. The van der Waals surface area contributed by atoms with Gasteiger partial charge in [0.25, 0.3) is 0 Å². The van der Waals surface area contributed by atoms with Crippen LogP contribution in [0.3, 0.4) is 0 Å². The molecule has 1 heterocycles. The van der Waals surface area contributed by atoms with E-state index in [4.69, 9.17) is 10.8 Å². The van der Waals surface area contributed by atoms with Crippen LogP contribution in [0.25, 0.3) is 0 Å². The smallest absolute Gasteiger partial charge is 0.0672 e. The number of nitrogens with two attached hydrogens (primary N) is 1. The van der Waals surface area contributed by atoms with E-state index in [0.717, 1.165) is 19.4 Å². The molecule has 1 aromatic rings. The number of aromatic nitrogens is 2. The fraction of sp³-hybridized carbons (Fsp3) is 0.769. The van der Waals surface area contributed by atoms with E-state index in [1.165, 1.54) is 29.8 Å². The van der Waals surface area contributed by atoms with Crippen molar-refractivity contribution in [3.8, 4) is 0 Å². The average Bonchev–Trinajstić information content (AvgIpc) is 2.63. The third kappa shape index (κ3) is 2.64. The van der Waals surface area contributed by atoms with Crippen molar-refractivity contribution in [2.24, 2.45) is 5.73 Å². The summed E-state index contributed by atoms with van der Waals surface area (Å²) < 4.78 is 2.17. The molecule has 0 saturated heterocycles. The molecule has 0 aliphatic rings. The van der Waals surface area contributed by atoms with Gasteiger partial charge in [0.1, 0.15) is 0 Å². The first-order valence-corrected chi connectivity index (χ1v) is 6.49. The van der Waals surface area contributed by atoms with E-state index in [2.05, 4.69) is 32.4 Å². The molecule has 0 fully saturated rings. The molecule has 1 aromatic heterocycles. The second-order valence-electron chi connectivity index (χ2n) is 4.38. The molecule has 1 rings (SSSR count). The molecule has 3 nitrogen and oxygen atoms in total. The molecule has 0 aliphatic heterocycles. The van der Waals surface area contributed by atoms with Crippen molar-refractivity contribution >= 4 is 0 Å². The SMILES string of the molecule is CCCCn1nc(CC)c(C(C)N)c1CC. The minimum atomic E-state index is 0.0975. The lowest BCUT2D eigenvalue weighted by Crippen LogP contribution is -2.11. The number of nitrogens with zero attached hydrogens (tertiary/aromatic N) is 2. The number of aryl methyl sites for hydroxylation is 2. The summed E-state index contributed by atoms with van der Waals surface area (Å²) in [6, 6.07) is 0.0975. The molecule has 0 aromatic carbocycles. The molecule has 0 radical (unpaired) electrons. The molecule has 16 heavy (non-hydrogen) atoms. The lowest BCUT2D eigenvalue weighted by atomic mass is 10.0. The number of hydrogen-bond donors (Lipinski definition) is 1. The van der Waals surface area contributed by atoms with Crippen molar-refractivity contribution in [3.05, 3.63) is 17.0 Å². The minimum absolute atomic E-state index is 0.0975.